The number of ether oxygens (including phenoxy) is 1. The van der Waals surface area contributed by atoms with E-state index < -0.39 is 0 Å². The van der Waals surface area contributed by atoms with Crippen molar-refractivity contribution in [1.29, 1.82) is 0 Å². The normalized spacial score (nSPS) is 21.4. The summed E-state index contributed by atoms with van der Waals surface area (Å²) in [5, 5.41) is 12.3. The second-order valence-corrected chi connectivity index (χ2v) is 6.62. The Morgan fingerprint density at radius 1 is 1.26 bits per heavy atom. The van der Waals surface area contributed by atoms with E-state index in [1.807, 2.05) is 38.1 Å². The van der Waals surface area contributed by atoms with Gasteiger partial charge in [-0.15, -0.1) is 10.2 Å². The number of hydrogen-bond donors (Lipinski definition) is 0. The highest BCUT2D eigenvalue weighted by Crippen LogP contribution is 2.17. The van der Waals surface area contributed by atoms with Gasteiger partial charge in [0.15, 0.2) is 0 Å². The molecule has 1 saturated heterocycles. The zero-order valence-electron chi connectivity index (χ0n) is 13.0. The Kier molecular flexibility index (Phi) is 4.72. The van der Waals surface area contributed by atoms with Crippen molar-refractivity contribution in [2.24, 2.45) is 0 Å². The molecule has 1 aromatic carbocycles. The van der Waals surface area contributed by atoms with Crippen LogP contribution < -0.4 is 0 Å². The van der Waals surface area contributed by atoms with Crippen LogP contribution in [0.5, 0.6) is 0 Å². The van der Waals surface area contributed by atoms with Gasteiger partial charge in [0.2, 0.25) is 11.7 Å². The monoisotopic (exact) mass is 379 g/mol. The number of benzene rings is 1. The average molecular weight is 380 g/mol. The SMILES string of the molecule is CC1CN(C(=O)Cn2nnc(-c3ccc(Br)cc3)n2)CC(C)O1. The molecule has 23 heavy (non-hydrogen) atoms. The maximum atomic E-state index is 12.4. The molecule has 2 heterocycles. The third-order valence-electron chi connectivity index (χ3n) is 3.60. The highest BCUT2D eigenvalue weighted by molar-refractivity contribution is 9.10. The zero-order valence-corrected chi connectivity index (χ0v) is 14.6. The van der Waals surface area contributed by atoms with Gasteiger partial charge in [-0.3, -0.25) is 4.79 Å². The number of halogens is 1. The maximum Gasteiger partial charge on any atom is 0.246 e. The van der Waals surface area contributed by atoms with Gasteiger partial charge >= 0.3 is 0 Å². The Bertz CT molecular complexity index is 677. The molecule has 0 spiro atoms. The second kappa shape index (κ2) is 6.76. The lowest BCUT2D eigenvalue weighted by Crippen LogP contribution is -2.49. The fourth-order valence-electron chi connectivity index (χ4n) is 2.63. The van der Waals surface area contributed by atoms with E-state index in [2.05, 4.69) is 31.3 Å². The van der Waals surface area contributed by atoms with E-state index >= 15 is 0 Å². The van der Waals surface area contributed by atoms with Crippen molar-refractivity contribution in [2.45, 2.75) is 32.6 Å². The predicted molar refractivity (Wildman–Crippen MR) is 87.5 cm³/mol. The van der Waals surface area contributed by atoms with Crippen LogP contribution in [-0.2, 0) is 16.1 Å². The lowest BCUT2D eigenvalue weighted by molar-refractivity contribution is -0.144. The lowest BCUT2D eigenvalue weighted by atomic mass is 10.2. The van der Waals surface area contributed by atoms with E-state index in [4.69, 9.17) is 4.74 Å². The van der Waals surface area contributed by atoms with Crippen LogP contribution in [-0.4, -0.2) is 56.3 Å². The molecule has 2 atom stereocenters. The Hall–Kier alpha value is -1.80. The molecule has 0 radical (unpaired) electrons. The minimum Gasteiger partial charge on any atom is -0.372 e. The number of nitrogens with zero attached hydrogens (tertiary/aromatic N) is 5. The Morgan fingerprint density at radius 3 is 2.57 bits per heavy atom. The van der Waals surface area contributed by atoms with Gasteiger partial charge < -0.3 is 9.64 Å². The summed E-state index contributed by atoms with van der Waals surface area (Å²) in [6.07, 6.45) is 0.0921. The summed E-state index contributed by atoms with van der Waals surface area (Å²) in [5.74, 6) is 0.487. The molecular formula is C15H18BrN5O2. The van der Waals surface area contributed by atoms with Crippen LogP contribution in [0.1, 0.15) is 13.8 Å². The maximum absolute atomic E-state index is 12.4. The third kappa shape index (κ3) is 3.94. The summed E-state index contributed by atoms with van der Waals surface area (Å²) in [6, 6.07) is 7.63. The van der Waals surface area contributed by atoms with Crippen molar-refractivity contribution in [3.63, 3.8) is 0 Å². The minimum absolute atomic E-state index is 0.0215. The summed E-state index contributed by atoms with van der Waals surface area (Å²) in [5.41, 5.74) is 0.862. The molecule has 122 valence electrons. The van der Waals surface area contributed by atoms with E-state index in [0.29, 0.717) is 18.9 Å². The molecule has 3 rings (SSSR count). The van der Waals surface area contributed by atoms with Gasteiger partial charge in [-0.2, -0.15) is 4.80 Å². The molecule has 0 N–H and O–H groups in total. The van der Waals surface area contributed by atoms with Crippen LogP contribution in [0.2, 0.25) is 0 Å². The molecule has 1 aliphatic rings. The van der Waals surface area contributed by atoms with Crippen LogP contribution in [0.25, 0.3) is 11.4 Å². The summed E-state index contributed by atoms with van der Waals surface area (Å²) in [6.45, 7) is 5.21. The molecule has 1 amide bonds. The average Bonchev–Trinajstić information content (AvgIpc) is 2.95. The largest absolute Gasteiger partial charge is 0.372 e. The molecule has 0 saturated carbocycles. The highest BCUT2D eigenvalue weighted by Gasteiger charge is 2.26. The van der Waals surface area contributed by atoms with Crippen molar-refractivity contribution < 1.29 is 9.53 Å². The lowest BCUT2D eigenvalue weighted by Gasteiger charge is -2.35. The molecule has 0 aliphatic carbocycles. The molecular weight excluding hydrogens is 362 g/mol. The minimum atomic E-state index is -0.0215. The molecule has 1 fully saturated rings. The van der Waals surface area contributed by atoms with Crippen molar-refractivity contribution in [3.05, 3.63) is 28.7 Å². The van der Waals surface area contributed by atoms with Crippen molar-refractivity contribution in [1.82, 2.24) is 25.1 Å². The van der Waals surface area contributed by atoms with Gasteiger partial charge in [0.25, 0.3) is 0 Å². The van der Waals surface area contributed by atoms with Crippen LogP contribution in [0.4, 0.5) is 0 Å². The fraction of sp³-hybridized carbons (Fsp3) is 0.467. The fourth-order valence-corrected chi connectivity index (χ4v) is 2.89. The van der Waals surface area contributed by atoms with E-state index in [1.165, 1.54) is 4.80 Å². The summed E-state index contributed by atoms with van der Waals surface area (Å²) in [4.78, 5) is 15.5. The van der Waals surface area contributed by atoms with Crippen LogP contribution >= 0.6 is 15.9 Å². The second-order valence-electron chi connectivity index (χ2n) is 5.71. The number of amides is 1. The van der Waals surface area contributed by atoms with Gasteiger partial charge in [0, 0.05) is 23.1 Å². The number of tetrazole rings is 1. The number of rotatable bonds is 3. The zero-order chi connectivity index (χ0) is 16.4. The quantitative estimate of drug-likeness (QED) is 0.811. The van der Waals surface area contributed by atoms with E-state index in [9.17, 15) is 4.79 Å². The standard InChI is InChI=1S/C15H18BrN5O2/c1-10-7-20(8-11(2)23-10)14(22)9-21-18-15(17-19-21)12-3-5-13(16)6-4-12/h3-6,10-11H,7-9H2,1-2H3. The number of hydrogen-bond acceptors (Lipinski definition) is 5. The number of morpholine rings is 1. The summed E-state index contributed by atoms with van der Waals surface area (Å²) < 4.78 is 6.63. The van der Waals surface area contributed by atoms with E-state index in [-0.39, 0.29) is 24.7 Å². The first kappa shape index (κ1) is 16.1. The summed E-state index contributed by atoms with van der Waals surface area (Å²) in [7, 11) is 0. The van der Waals surface area contributed by atoms with Gasteiger partial charge in [-0.05, 0) is 43.3 Å². The number of carbonyl (C=O) groups is 1. The predicted octanol–water partition coefficient (Wildman–Crippen LogP) is 1.74. The smallest absolute Gasteiger partial charge is 0.246 e. The van der Waals surface area contributed by atoms with Crippen LogP contribution in [0.3, 0.4) is 0 Å². The highest BCUT2D eigenvalue weighted by atomic mass is 79.9. The Balaban J connectivity index is 1.66. The van der Waals surface area contributed by atoms with E-state index in [1.54, 1.807) is 4.90 Å². The van der Waals surface area contributed by atoms with Gasteiger partial charge in [0.1, 0.15) is 6.54 Å². The van der Waals surface area contributed by atoms with Crippen LogP contribution in [0, 0.1) is 0 Å². The molecule has 7 nitrogen and oxygen atoms in total. The topological polar surface area (TPSA) is 73.1 Å². The van der Waals surface area contributed by atoms with Crippen molar-refractivity contribution in [2.75, 3.05) is 13.1 Å². The van der Waals surface area contributed by atoms with Gasteiger partial charge in [-0.25, -0.2) is 0 Å². The summed E-state index contributed by atoms with van der Waals surface area (Å²) >= 11 is 3.39. The van der Waals surface area contributed by atoms with Gasteiger partial charge in [0.05, 0.1) is 12.2 Å². The first-order chi connectivity index (χ1) is 11.0. The molecule has 8 heteroatoms. The van der Waals surface area contributed by atoms with Crippen molar-refractivity contribution >= 4 is 21.8 Å². The Labute approximate surface area is 142 Å². The number of aromatic nitrogens is 4. The molecule has 2 unspecified atom stereocenters. The van der Waals surface area contributed by atoms with Crippen molar-refractivity contribution in [3.8, 4) is 11.4 Å². The molecule has 0 bridgehead atoms. The molecule has 2 aromatic rings. The molecule has 1 aromatic heterocycles. The number of carbonyl (C=O) groups excluding carboxylic acids is 1. The molecule has 1 aliphatic heterocycles. The van der Waals surface area contributed by atoms with Gasteiger partial charge in [-0.1, -0.05) is 15.9 Å². The Morgan fingerprint density at radius 2 is 1.91 bits per heavy atom. The van der Waals surface area contributed by atoms with Crippen LogP contribution in [0.15, 0.2) is 28.7 Å². The third-order valence-corrected chi connectivity index (χ3v) is 4.13. The van der Waals surface area contributed by atoms with E-state index in [0.717, 1.165) is 10.0 Å². The first-order valence-corrected chi connectivity index (χ1v) is 8.27. The first-order valence-electron chi connectivity index (χ1n) is 7.48.